The minimum Gasteiger partial charge on any atom is -0.472 e. The number of aliphatic hydroxyl groups is 4. The van der Waals surface area contributed by atoms with E-state index in [0.29, 0.717) is 12.0 Å². The first-order valence-electron chi connectivity index (χ1n) is 13.6. The number of hydrogen-bond acceptors (Lipinski definition) is 10. The van der Waals surface area contributed by atoms with E-state index in [1.807, 2.05) is 6.07 Å². The lowest BCUT2D eigenvalue weighted by Crippen LogP contribution is -2.60. The maximum atomic E-state index is 12.9. The van der Waals surface area contributed by atoms with E-state index in [4.69, 9.17) is 18.9 Å². The minimum absolute atomic E-state index is 0.101. The number of fused-ring (bicyclic) bond motifs is 6. The Labute approximate surface area is 224 Å². The van der Waals surface area contributed by atoms with Crippen LogP contribution in [-0.4, -0.2) is 100 Å². The highest BCUT2D eigenvalue weighted by atomic mass is 16.8. The normalized spacial score (nSPS) is 41.3. The fourth-order valence-corrected chi connectivity index (χ4v) is 7.95. The van der Waals surface area contributed by atoms with E-state index >= 15 is 0 Å². The maximum Gasteiger partial charge on any atom is 0.337 e. The van der Waals surface area contributed by atoms with Crippen LogP contribution in [0.5, 0.6) is 0 Å². The molecular formula is C28H34N2O9. The number of methoxy groups -OCH3 is 1. The first-order valence-corrected chi connectivity index (χ1v) is 13.6. The molecule has 2 aromatic rings. The van der Waals surface area contributed by atoms with Crippen LogP contribution in [0.15, 0.2) is 36.1 Å². The Balaban J connectivity index is 1.25. The SMILES string of the molecule is COC(=O)C1=COC(OC2OC(CO)C(O)C(O)C2O)C2C3CN4CCc5c([nH]c6ccccc56)C4(C3)CC12. The van der Waals surface area contributed by atoms with Crippen LogP contribution in [-0.2, 0) is 35.7 Å². The van der Waals surface area contributed by atoms with Gasteiger partial charge in [0.1, 0.15) is 24.4 Å². The Morgan fingerprint density at radius 3 is 2.77 bits per heavy atom. The molecular weight excluding hydrogens is 508 g/mol. The molecule has 10 atom stereocenters. The summed E-state index contributed by atoms with van der Waals surface area (Å²) in [5.74, 6) is -0.847. The molecule has 7 rings (SSSR count). The molecule has 11 nitrogen and oxygen atoms in total. The molecule has 39 heavy (non-hydrogen) atoms. The lowest BCUT2D eigenvalue weighted by molar-refractivity contribution is -0.344. The van der Waals surface area contributed by atoms with Crippen LogP contribution in [0.4, 0.5) is 0 Å². The number of carbonyl (C=O) groups excluding carboxylic acids is 1. The zero-order chi connectivity index (χ0) is 27.1. The summed E-state index contributed by atoms with van der Waals surface area (Å²) in [5.41, 5.74) is 3.86. The van der Waals surface area contributed by atoms with Crippen molar-refractivity contribution in [3.8, 4) is 0 Å². The first-order chi connectivity index (χ1) is 18.9. The summed E-state index contributed by atoms with van der Waals surface area (Å²) >= 11 is 0. The summed E-state index contributed by atoms with van der Waals surface area (Å²) < 4.78 is 22.9. The second-order valence-electron chi connectivity index (χ2n) is 11.5. The molecule has 4 aliphatic heterocycles. The van der Waals surface area contributed by atoms with Gasteiger partial charge < -0.3 is 44.4 Å². The third-order valence-corrected chi connectivity index (χ3v) is 9.72. The number of aromatic nitrogens is 1. The zero-order valence-electron chi connectivity index (χ0n) is 21.6. The Bertz CT molecular complexity index is 1310. The summed E-state index contributed by atoms with van der Waals surface area (Å²) in [6.45, 7) is 1.14. The van der Waals surface area contributed by atoms with Crippen molar-refractivity contribution in [2.24, 2.45) is 17.8 Å². The molecule has 0 radical (unpaired) electrons. The maximum absolute atomic E-state index is 12.9. The van der Waals surface area contributed by atoms with Gasteiger partial charge in [-0.15, -0.1) is 0 Å². The van der Waals surface area contributed by atoms with Crippen molar-refractivity contribution in [2.45, 2.75) is 61.8 Å². The molecule has 1 aromatic carbocycles. The van der Waals surface area contributed by atoms with Crippen molar-refractivity contribution in [1.29, 1.82) is 0 Å². The van der Waals surface area contributed by atoms with Crippen LogP contribution in [0.1, 0.15) is 24.1 Å². The van der Waals surface area contributed by atoms with E-state index in [2.05, 4.69) is 28.1 Å². The number of aromatic amines is 1. The first kappa shape index (κ1) is 25.5. The van der Waals surface area contributed by atoms with Gasteiger partial charge in [-0.25, -0.2) is 4.79 Å². The highest BCUT2D eigenvalue weighted by Gasteiger charge is 2.62. The Kier molecular flexibility index (Phi) is 6.05. The van der Waals surface area contributed by atoms with E-state index in [1.54, 1.807) is 0 Å². The van der Waals surface area contributed by atoms with Gasteiger partial charge in [0.25, 0.3) is 0 Å². The van der Waals surface area contributed by atoms with Gasteiger partial charge in [0.05, 0.1) is 31.1 Å². The van der Waals surface area contributed by atoms with E-state index in [9.17, 15) is 25.2 Å². The van der Waals surface area contributed by atoms with Crippen LogP contribution in [0.25, 0.3) is 10.9 Å². The molecule has 1 saturated carbocycles. The number of ether oxygens (including phenoxy) is 4. The lowest BCUT2D eigenvalue weighted by Gasteiger charge is -2.50. The smallest absolute Gasteiger partial charge is 0.337 e. The molecule has 210 valence electrons. The van der Waals surface area contributed by atoms with Gasteiger partial charge in [-0.3, -0.25) is 4.90 Å². The molecule has 5 aliphatic rings. The quantitative estimate of drug-likeness (QED) is 0.336. The lowest BCUT2D eigenvalue weighted by atomic mass is 9.62. The van der Waals surface area contributed by atoms with Crippen LogP contribution >= 0.6 is 0 Å². The van der Waals surface area contributed by atoms with Gasteiger partial charge in [0, 0.05) is 41.5 Å². The molecule has 5 N–H and O–H groups in total. The number of rotatable bonds is 4. The van der Waals surface area contributed by atoms with Crippen molar-refractivity contribution < 1.29 is 44.2 Å². The summed E-state index contributed by atoms with van der Waals surface area (Å²) in [6, 6.07) is 8.36. The van der Waals surface area contributed by atoms with E-state index in [-0.39, 0.29) is 23.3 Å². The number of nitrogens with zero attached hydrogens (tertiary/aromatic N) is 1. The number of esters is 1. The van der Waals surface area contributed by atoms with Gasteiger partial charge in [-0.1, -0.05) is 18.2 Å². The number of H-pyrrole nitrogens is 1. The van der Waals surface area contributed by atoms with Crippen molar-refractivity contribution >= 4 is 16.9 Å². The van der Waals surface area contributed by atoms with Gasteiger partial charge in [0.15, 0.2) is 6.29 Å². The summed E-state index contributed by atoms with van der Waals surface area (Å²) in [4.78, 5) is 19.2. The van der Waals surface area contributed by atoms with Crippen LogP contribution < -0.4 is 0 Å². The summed E-state index contributed by atoms with van der Waals surface area (Å²) in [6.07, 6.45) is -4.06. The monoisotopic (exact) mass is 542 g/mol. The molecule has 1 aliphatic carbocycles. The van der Waals surface area contributed by atoms with E-state index < -0.39 is 49.6 Å². The van der Waals surface area contributed by atoms with E-state index in [0.717, 1.165) is 31.4 Å². The van der Waals surface area contributed by atoms with Crippen molar-refractivity contribution in [3.05, 3.63) is 47.4 Å². The highest BCUT2D eigenvalue weighted by Crippen LogP contribution is 2.60. The van der Waals surface area contributed by atoms with Crippen LogP contribution in [0, 0.1) is 17.8 Å². The average molecular weight is 543 g/mol. The second-order valence-corrected chi connectivity index (χ2v) is 11.5. The summed E-state index contributed by atoms with van der Waals surface area (Å²) in [7, 11) is 1.35. The predicted octanol–water partition coefficient (Wildman–Crippen LogP) is 0.107. The molecule has 3 fully saturated rings. The average Bonchev–Trinajstić information content (AvgIpc) is 3.48. The fourth-order valence-electron chi connectivity index (χ4n) is 7.95. The number of para-hydroxylation sites is 1. The number of carbonyl (C=O) groups is 1. The molecule has 2 saturated heterocycles. The highest BCUT2D eigenvalue weighted by molar-refractivity contribution is 5.89. The second kappa shape index (κ2) is 9.27. The molecule has 10 unspecified atom stereocenters. The molecule has 2 bridgehead atoms. The number of benzene rings is 1. The van der Waals surface area contributed by atoms with Gasteiger partial charge in [-0.2, -0.15) is 0 Å². The van der Waals surface area contributed by atoms with Crippen molar-refractivity contribution in [3.63, 3.8) is 0 Å². The Hall–Kier alpha value is -2.51. The largest absolute Gasteiger partial charge is 0.472 e. The zero-order valence-corrected chi connectivity index (χ0v) is 21.6. The van der Waals surface area contributed by atoms with Gasteiger partial charge >= 0.3 is 5.97 Å². The van der Waals surface area contributed by atoms with Crippen LogP contribution in [0.2, 0.25) is 0 Å². The third-order valence-electron chi connectivity index (χ3n) is 9.72. The molecule has 0 amide bonds. The molecule has 5 heterocycles. The van der Waals surface area contributed by atoms with Crippen molar-refractivity contribution in [1.82, 2.24) is 9.88 Å². The number of nitrogens with one attached hydrogen (secondary N) is 1. The Morgan fingerprint density at radius 1 is 1.15 bits per heavy atom. The minimum atomic E-state index is -1.56. The van der Waals surface area contributed by atoms with Crippen LogP contribution in [0.3, 0.4) is 0 Å². The number of hydrogen-bond donors (Lipinski definition) is 5. The molecule has 1 aromatic heterocycles. The van der Waals surface area contributed by atoms with Crippen molar-refractivity contribution in [2.75, 3.05) is 26.8 Å². The standard InChI is InChI=1S/C28H34N2O9/c1-36-25(35)17-12-37-26(39-27-23(34)22(33)21(32)19(11-31)38-27)20-13-8-28(9-16(17)20)24-15(6-7-30(28)10-13)14-4-2-3-5-18(14)29-24/h2-5,12-13,16,19-23,26-27,29,31-34H,6-11H2,1H3. The third kappa shape index (κ3) is 3.65. The van der Waals surface area contributed by atoms with E-state index in [1.165, 1.54) is 30.0 Å². The van der Waals surface area contributed by atoms with Gasteiger partial charge in [0.2, 0.25) is 6.29 Å². The Morgan fingerprint density at radius 2 is 1.97 bits per heavy atom. The fraction of sp³-hybridized carbons (Fsp3) is 0.607. The number of aliphatic hydroxyl groups excluding tert-OH is 4. The predicted molar refractivity (Wildman–Crippen MR) is 135 cm³/mol. The molecule has 1 spiro atoms. The summed E-state index contributed by atoms with van der Waals surface area (Å²) in [5, 5.41) is 41.9. The molecule has 11 heteroatoms. The topological polar surface area (TPSA) is 154 Å². The van der Waals surface area contributed by atoms with Gasteiger partial charge in [-0.05, 0) is 36.8 Å².